The van der Waals surface area contributed by atoms with Gasteiger partial charge < -0.3 is 0 Å². The molecule has 0 saturated heterocycles. The van der Waals surface area contributed by atoms with E-state index in [1.807, 2.05) is 36.4 Å². The van der Waals surface area contributed by atoms with Gasteiger partial charge >= 0.3 is 0 Å². The average molecular weight is 798 g/mol. The highest BCUT2D eigenvalue weighted by Gasteiger charge is 2.19. The van der Waals surface area contributed by atoms with E-state index in [0.29, 0.717) is 23.3 Å². The Labute approximate surface area is 357 Å². The van der Waals surface area contributed by atoms with Gasteiger partial charge in [0.1, 0.15) is 0 Å². The number of rotatable bonds is 8. The summed E-state index contributed by atoms with van der Waals surface area (Å²) in [7, 11) is 0. The van der Waals surface area contributed by atoms with Crippen LogP contribution in [0, 0.1) is 0 Å². The molecule has 3 heterocycles. The van der Waals surface area contributed by atoms with E-state index in [4.69, 9.17) is 24.9 Å². The van der Waals surface area contributed by atoms with Crippen molar-refractivity contribution in [3.8, 4) is 90.2 Å². The van der Waals surface area contributed by atoms with Crippen molar-refractivity contribution < 1.29 is 0 Å². The molecule has 61 heavy (non-hydrogen) atoms. The Balaban J connectivity index is 1.08. The maximum atomic E-state index is 5.31. The molecule has 0 unspecified atom stereocenters. The van der Waals surface area contributed by atoms with Crippen LogP contribution in [0.2, 0.25) is 0 Å². The molecule has 0 aliphatic rings. The normalized spacial score (nSPS) is 11.3. The molecule has 8 aromatic carbocycles. The minimum absolute atomic E-state index is 0.578. The van der Waals surface area contributed by atoms with Gasteiger partial charge in [-0.15, -0.1) is 11.3 Å². The van der Waals surface area contributed by atoms with Crippen molar-refractivity contribution in [3.05, 3.63) is 212 Å². The van der Waals surface area contributed by atoms with Crippen LogP contribution in [-0.2, 0) is 0 Å². The molecule has 0 N–H and O–H groups in total. The number of hydrogen-bond acceptors (Lipinski definition) is 6. The third-order valence-electron chi connectivity index (χ3n) is 10.9. The van der Waals surface area contributed by atoms with Crippen LogP contribution in [0.1, 0.15) is 0 Å². The van der Waals surface area contributed by atoms with E-state index in [-0.39, 0.29) is 0 Å². The molecule has 286 valence electrons. The van der Waals surface area contributed by atoms with Gasteiger partial charge in [-0.05, 0) is 63.7 Å². The summed E-state index contributed by atoms with van der Waals surface area (Å²) in [4.78, 5) is 26.1. The van der Waals surface area contributed by atoms with Crippen LogP contribution in [0.25, 0.3) is 110 Å². The van der Waals surface area contributed by atoms with E-state index < -0.39 is 0 Å². The first-order chi connectivity index (χ1) is 30.2. The Hall–Kier alpha value is -7.93. The molecule has 0 bridgehead atoms. The van der Waals surface area contributed by atoms with Crippen LogP contribution in [0.15, 0.2) is 212 Å². The van der Waals surface area contributed by atoms with Crippen molar-refractivity contribution >= 4 is 31.6 Å². The summed E-state index contributed by atoms with van der Waals surface area (Å²) in [5.74, 6) is 2.46. The second-order valence-corrected chi connectivity index (χ2v) is 16.0. The lowest BCUT2D eigenvalue weighted by atomic mass is 10.0. The minimum atomic E-state index is 0.578. The summed E-state index contributed by atoms with van der Waals surface area (Å²) in [6, 6.07) is 73.4. The molecular formula is C55H35N5S. The van der Waals surface area contributed by atoms with Gasteiger partial charge in [0.2, 0.25) is 0 Å². The first-order valence-electron chi connectivity index (χ1n) is 20.2. The summed E-state index contributed by atoms with van der Waals surface area (Å²) < 4.78 is 2.19. The molecule has 0 amide bonds. The number of aromatic nitrogens is 5. The van der Waals surface area contributed by atoms with Gasteiger partial charge in [0.15, 0.2) is 23.3 Å². The van der Waals surface area contributed by atoms with E-state index in [1.165, 1.54) is 5.56 Å². The van der Waals surface area contributed by atoms with Crippen molar-refractivity contribution in [2.75, 3.05) is 0 Å². The highest BCUT2D eigenvalue weighted by Crippen LogP contribution is 2.42. The predicted molar refractivity (Wildman–Crippen MR) is 252 cm³/mol. The number of benzene rings is 8. The molecular weight excluding hydrogens is 763 g/mol. The standard InChI is InChI=1S/C55H35N5S/c1-5-16-36(17-6-1)40-24-13-27-44(32-40)53-58-54(45-28-14-25-41(33-45)37-18-7-2-8-19-37)60-55(59-53)46-29-15-26-43(34-46)49-51-50(57-52(56-49)39-22-11-4-12-23-39)47-35-42(30-31-48(47)61-51)38-20-9-3-10-21-38/h1-35H. The minimum Gasteiger partial charge on any atom is -0.226 e. The zero-order valence-electron chi connectivity index (χ0n) is 32.9. The Morgan fingerprint density at radius 3 is 1.13 bits per heavy atom. The van der Waals surface area contributed by atoms with Crippen molar-refractivity contribution in [1.82, 2.24) is 24.9 Å². The largest absolute Gasteiger partial charge is 0.226 e. The molecule has 0 aliphatic heterocycles. The van der Waals surface area contributed by atoms with Gasteiger partial charge in [-0.1, -0.05) is 182 Å². The fraction of sp³-hybridized carbons (Fsp3) is 0. The van der Waals surface area contributed by atoms with Gasteiger partial charge in [-0.3, -0.25) is 0 Å². The summed E-state index contributed by atoms with van der Waals surface area (Å²) >= 11 is 1.72. The molecule has 0 fully saturated rings. The second kappa shape index (κ2) is 15.7. The van der Waals surface area contributed by atoms with E-state index in [2.05, 4.69) is 176 Å². The fourth-order valence-electron chi connectivity index (χ4n) is 7.87. The Kier molecular flexibility index (Phi) is 9.30. The summed E-state index contributed by atoms with van der Waals surface area (Å²) in [5.41, 5.74) is 13.2. The summed E-state index contributed by atoms with van der Waals surface area (Å²) in [6.45, 7) is 0. The van der Waals surface area contributed by atoms with Gasteiger partial charge in [0, 0.05) is 37.9 Å². The molecule has 5 nitrogen and oxygen atoms in total. The van der Waals surface area contributed by atoms with Crippen molar-refractivity contribution in [2.24, 2.45) is 0 Å². The molecule has 3 aromatic heterocycles. The van der Waals surface area contributed by atoms with E-state index >= 15 is 0 Å². The molecule has 11 rings (SSSR count). The van der Waals surface area contributed by atoms with Crippen LogP contribution in [0.4, 0.5) is 0 Å². The maximum absolute atomic E-state index is 5.31. The number of fused-ring (bicyclic) bond motifs is 3. The van der Waals surface area contributed by atoms with E-state index in [0.717, 1.165) is 81.6 Å². The average Bonchev–Trinajstić information content (AvgIpc) is 3.73. The molecule has 6 heteroatoms. The lowest BCUT2D eigenvalue weighted by molar-refractivity contribution is 1.07. The van der Waals surface area contributed by atoms with E-state index in [9.17, 15) is 0 Å². The van der Waals surface area contributed by atoms with Crippen molar-refractivity contribution in [2.45, 2.75) is 0 Å². The molecule has 0 saturated carbocycles. The molecule has 0 aliphatic carbocycles. The third kappa shape index (κ3) is 7.16. The molecule has 0 atom stereocenters. The SMILES string of the molecule is c1ccc(-c2cccc(-c3nc(-c4cccc(-c5ccccc5)c4)nc(-c4cccc(-c5nc(-c6ccccc6)nc6c5sc5ccc(-c7ccccc7)cc56)c4)n3)c2)cc1. The second-order valence-electron chi connectivity index (χ2n) is 14.9. The Bertz CT molecular complexity index is 3250. The highest BCUT2D eigenvalue weighted by molar-refractivity contribution is 7.26. The smallest absolute Gasteiger partial charge is 0.164 e. The Morgan fingerprint density at radius 2 is 0.639 bits per heavy atom. The van der Waals surface area contributed by atoms with Crippen molar-refractivity contribution in [1.29, 1.82) is 0 Å². The zero-order chi connectivity index (χ0) is 40.5. The highest BCUT2D eigenvalue weighted by atomic mass is 32.1. The van der Waals surface area contributed by atoms with Crippen LogP contribution >= 0.6 is 11.3 Å². The summed E-state index contributed by atoms with van der Waals surface area (Å²) in [6.07, 6.45) is 0. The first-order valence-corrected chi connectivity index (χ1v) is 21.1. The molecule has 0 radical (unpaired) electrons. The van der Waals surface area contributed by atoms with Gasteiger partial charge in [-0.2, -0.15) is 0 Å². The molecule has 11 aromatic rings. The predicted octanol–water partition coefficient (Wildman–Crippen LogP) is 14.4. The molecule has 0 spiro atoms. The van der Waals surface area contributed by atoms with E-state index in [1.54, 1.807) is 11.3 Å². The Morgan fingerprint density at radius 1 is 0.262 bits per heavy atom. The maximum Gasteiger partial charge on any atom is 0.164 e. The van der Waals surface area contributed by atoms with Gasteiger partial charge in [0.05, 0.1) is 15.9 Å². The topological polar surface area (TPSA) is 64.5 Å². The third-order valence-corrected chi connectivity index (χ3v) is 12.1. The number of nitrogens with zero attached hydrogens (tertiary/aromatic N) is 5. The first kappa shape index (κ1) is 36.2. The number of hydrogen-bond donors (Lipinski definition) is 0. The van der Waals surface area contributed by atoms with Gasteiger partial charge in [0.25, 0.3) is 0 Å². The lowest BCUT2D eigenvalue weighted by Crippen LogP contribution is -2.01. The van der Waals surface area contributed by atoms with Gasteiger partial charge in [-0.25, -0.2) is 24.9 Å². The lowest BCUT2D eigenvalue weighted by Gasteiger charge is -2.12. The quantitative estimate of drug-likeness (QED) is 0.153. The van der Waals surface area contributed by atoms with Crippen LogP contribution in [-0.4, -0.2) is 24.9 Å². The zero-order valence-corrected chi connectivity index (χ0v) is 33.7. The van der Waals surface area contributed by atoms with Crippen LogP contribution in [0.5, 0.6) is 0 Å². The monoisotopic (exact) mass is 797 g/mol. The fourth-order valence-corrected chi connectivity index (χ4v) is 9.01. The summed E-state index contributed by atoms with van der Waals surface area (Å²) in [5, 5.41) is 1.11. The van der Waals surface area contributed by atoms with Crippen LogP contribution < -0.4 is 0 Å². The number of thiophene rings is 1. The van der Waals surface area contributed by atoms with Crippen molar-refractivity contribution in [3.63, 3.8) is 0 Å². The van der Waals surface area contributed by atoms with Crippen LogP contribution in [0.3, 0.4) is 0 Å².